The van der Waals surface area contributed by atoms with Gasteiger partial charge in [0.2, 0.25) is 5.91 Å². The van der Waals surface area contributed by atoms with E-state index in [1.54, 1.807) is 6.20 Å². The second-order valence-corrected chi connectivity index (χ2v) is 7.51. The van der Waals surface area contributed by atoms with E-state index < -0.39 is 0 Å². The van der Waals surface area contributed by atoms with Gasteiger partial charge in [-0.1, -0.05) is 6.07 Å². The van der Waals surface area contributed by atoms with Crippen molar-refractivity contribution in [2.45, 2.75) is 46.1 Å². The maximum absolute atomic E-state index is 12.6. The Balaban J connectivity index is 1.61. The number of urea groups is 1. The summed E-state index contributed by atoms with van der Waals surface area (Å²) >= 11 is 0. The van der Waals surface area contributed by atoms with E-state index in [4.69, 9.17) is 0 Å². The van der Waals surface area contributed by atoms with Gasteiger partial charge in [0, 0.05) is 45.3 Å². The lowest BCUT2D eigenvalue weighted by Gasteiger charge is -2.47. The Morgan fingerprint density at radius 1 is 1.19 bits per heavy atom. The largest absolute Gasteiger partial charge is 0.336 e. The Labute approximate surface area is 156 Å². The maximum atomic E-state index is 12.6. The molecule has 0 unspecified atom stereocenters. The molecule has 142 valence electrons. The van der Waals surface area contributed by atoms with E-state index in [-0.39, 0.29) is 17.4 Å². The zero-order valence-electron chi connectivity index (χ0n) is 16.0. The molecule has 3 rings (SSSR count). The second-order valence-electron chi connectivity index (χ2n) is 7.51. The van der Waals surface area contributed by atoms with E-state index >= 15 is 0 Å². The standard InChI is InChI=1S/C20H30N4O2/c1-3-22(4-2)19(26)23-13-10-20(11-14-23)9-8-18(25)24(16-20)15-17-7-5-6-12-21-17/h5-7,12H,3-4,8-11,13-16H2,1-2H3. The van der Waals surface area contributed by atoms with Gasteiger partial charge in [0.05, 0.1) is 12.2 Å². The van der Waals surface area contributed by atoms with Crippen LogP contribution in [-0.4, -0.2) is 64.3 Å². The van der Waals surface area contributed by atoms with Crippen LogP contribution in [0.5, 0.6) is 0 Å². The van der Waals surface area contributed by atoms with E-state index in [2.05, 4.69) is 4.98 Å². The number of carbonyl (C=O) groups excluding carboxylic acids is 2. The van der Waals surface area contributed by atoms with E-state index in [0.717, 1.165) is 57.7 Å². The highest BCUT2D eigenvalue weighted by molar-refractivity contribution is 5.77. The molecule has 0 aromatic carbocycles. The van der Waals surface area contributed by atoms with Gasteiger partial charge >= 0.3 is 6.03 Å². The van der Waals surface area contributed by atoms with Crippen molar-refractivity contribution in [1.82, 2.24) is 19.7 Å². The molecule has 1 aromatic heterocycles. The van der Waals surface area contributed by atoms with Gasteiger partial charge in [-0.25, -0.2) is 4.79 Å². The molecule has 6 nitrogen and oxygen atoms in total. The molecular formula is C20H30N4O2. The van der Waals surface area contributed by atoms with Crippen LogP contribution in [0, 0.1) is 5.41 Å². The van der Waals surface area contributed by atoms with E-state index in [1.807, 2.05) is 46.7 Å². The van der Waals surface area contributed by atoms with Gasteiger partial charge in [-0.3, -0.25) is 9.78 Å². The second kappa shape index (κ2) is 8.06. The number of hydrogen-bond donors (Lipinski definition) is 0. The summed E-state index contributed by atoms with van der Waals surface area (Å²) in [6.07, 6.45) is 5.28. The van der Waals surface area contributed by atoms with Gasteiger partial charge in [-0.15, -0.1) is 0 Å². The van der Waals surface area contributed by atoms with Gasteiger partial charge in [-0.2, -0.15) is 0 Å². The number of hydrogen-bond acceptors (Lipinski definition) is 3. The summed E-state index contributed by atoms with van der Waals surface area (Å²) in [6.45, 7) is 8.51. The van der Waals surface area contributed by atoms with Gasteiger partial charge in [0.1, 0.15) is 0 Å². The summed E-state index contributed by atoms with van der Waals surface area (Å²) in [5.74, 6) is 0.225. The third kappa shape index (κ3) is 4.00. The Hall–Kier alpha value is -2.11. The summed E-state index contributed by atoms with van der Waals surface area (Å²) in [4.78, 5) is 35.2. The van der Waals surface area contributed by atoms with Crippen molar-refractivity contribution in [3.63, 3.8) is 0 Å². The number of pyridine rings is 1. The van der Waals surface area contributed by atoms with Crippen LogP contribution in [0.2, 0.25) is 0 Å². The molecule has 2 fully saturated rings. The SMILES string of the molecule is CCN(CC)C(=O)N1CCC2(CCC(=O)N(Cc3ccccn3)C2)CC1. The number of rotatable bonds is 4. The van der Waals surface area contributed by atoms with Crippen LogP contribution in [-0.2, 0) is 11.3 Å². The van der Waals surface area contributed by atoms with E-state index in [9.17, 15) is 9.59 Å². The minimum Gasteiger partial charge on any atom is -0.336 e. The molecule has 0 aliphatic carbocycles. The fraction of sp³-hybridized carbons (Fsp3) is 0.650. The fourth-order valence-electron chi connectivity index (χ4n) is 4.21. The monoisotopic (exact) mass is 358 g/mol. The summed E-state index contributed by atoms with van der Waals surface area (Å²) in [5.41, 5.74) is 1.09. The van der Waals surface area contributed by atoms with Crippen LogP contribution in [0.15, 0.2) is 24.4 Å². The fourth-order valence-corrected chi connectivity index (χ4v) is 4.21. The van der Waals surface area contributed by atoms with Crippen molar-refractivity contribution in [2.24, 2.45) is 5.41 Å². The van der Waals surface area contributed by atoms with Crippen LogP contribution in [0.25, 0.3) is 0 Å². The summed E-state index contributed by atoms with van der Waals surface area (Å²) in [5, 5.41) is 0. The molecule has 2 aliphatic rings. The summed E-state index contributed by atoms with van der Waals surface area (Å²) in [6, 6.07) is 5.98. The molecule has 2 saturated heterocycles. The first-order valence-electron chi connectivity index (χ1n) is 9.78. The minimum absolute atomic E-state index is 0.155. The van der Waals surface area contributed by atoms with Gasteiger partial charge in [0.25, 0.3) is 0 Å². The van der Waals surface area contributed by atoms with Crippen molar-refractivity contribution in [2.75, 3.05) is 32.7 Å². The van der Waals surface area contributed by atoms with Crippen LogP contribution >= 0.6 is 0 Å². The van der Waals surface area contributed by atoms with Crippen molar-refractivity contribution in [1.29, 1.82) is 0 Å². The normalized spacial score (nSPS) is 19.7. The van der Waals surface area contributed by atoms with Gasteiger partial charge in [0.15, 0.2) is 0 Å². The highest BCUT2D eigenvalue weighted by Gasteiger charge is 2.42. The van der Waals surface area contributed by atoms with Crippen molar-refractivity contribution in [3.8, 4) is 0 Å². The van der Waals surface area contributed by atoms with Crippen LogP contribution in [0.1, 0.15) is 45.2 Å². The van der Waals surface area contributed by atoms with Crippen LogP contribution in [0.3, 0.4) is 0 Å². The highest BCUT2D eigenvalue weighted by atomic mass is 16.2. The average molecular weight is 358 g/mol. The lowest BCUT2D eigenvalue weighted by molar-refractivity contribution is -0.139. The van der Waals surface area contributed by atoms with E-state index in [1.165, 1.54) is 0 Å². The number of amides is 3. The van der Waals surface area contributed by atoms with Crippen molar-refractivity contribution in [3.05, 3.63) is 30.1 Å². The lowest BCUT2D eigenvalue weighted by atomic mass is 9.72. The molecule has 6 heteroatoms. The van der Waals surface area contributed by atoms with Crippen LogP contribution < -0.4 is 0 Å². The molecule has 3 heterocycles. The molecule has 0 radical (unpaired) electrons. The number of piperidine rings is 2. The lowest BCUT2D eigenvalue weighted by Crippen LogP contribution is -2.54. The topological polar surface area (TPSA) is 56.8 Å². The minimum atomic E-state index is 0.155. The number of aromatic nitrogens is 1. The Kier molecular flexibility index (Phi) is 5.79. The smallest absolute Gasteiger partial charge is 0.319 e. The first-order chi connectivity index (χ1) is 12.6. The molecule has 1 spiro atoms. The molecule has 1 aromatic rings. The summed E-state index contributed by atoms with van der Waals surface area (Å²) < 4.78 is 0. The zero-order valence-corrected chi connectivity index (χ0v) is 16.0. The average Bonchev–Trinajstić information content (AvgIpc) is 2.67. The number of likely N-dealkylation sites (tertiary alicyclic amines) is 2. The Morgan fingerprint density at radius 2 is 1.92 bits per heavy atom. The molecule has 26 heavy (non-hydrogen) atoms. The Bertz CT molecular complexity index is 622. The molecular weight excluding hydrogens is 328 g/mol. The van der Waals surface area contributed by atoms with Crippen molar-refractivity contribution >= 4 is 11.9 Å². The number of carbonyl (C=O) groups is 2. The summed E-state index contributed by atoms with van der Waals surface area (Å²) in [7, 11) is 0. The van der Waals surface area contributed by atoms with Gasteiger partial charge < -0.3 is 14.7 Å². The third-order valence-electron chi connectivity index (χ3n) is 5.96. The highest BCUT2D eigenvalue weighted by Crippen LogP contribution is 2.40. The van der Waals surface area contributed by atoms with Gasteiger partial charge in [-0.05, 0) is 50.7 Å². The first kappa shape index (κ1) is 18.7. The molecule has 0 bridgehead atoms. The van der Waals surface area contributed by atoms with E-state index in [0.29, 0.717) is 13.0 Å². The quantitative estimate of drug-likeness (QED) is 0.832. The molecule has 0 saturated carbocycles. The molecule has 2 aliphatic heterocycles. The molecule has 0 N–H and O–H groups in total. The zero-order chi connectivity index (χ0) is 18.6. The first-order valence-corrected chi connectivity index (χ1v) is 9.78. The predicted octanol–water partition coefficient (Wildman–Crippen LogP) is 2.75. The van der Waals surface area contributed by atoms with Crippen molar-refractivity contribution < 1.29 is 9.59 Å². The number of nitrogens with zero attached hydrogens (tertiary/aromatic N) is 4. The Morgan fingerprint density at radius 3 is 2.54 bits per heavy atom. The predicted molar refractivity (Wildman–Crippen MR) is 100 cm³/mol. The van der Waals surface area contributed by atoms with Crippen LogP contribution in [0.4, 0.5) is 4.79 Å². The maximum Gasteiger partial charge on any atom is 0.319 e. The third-order valence-corrected chi connectivity index (χ3v) is 5.96. The molecule has 3 amide bonds. The molecule has 0 atom stereocenters.